The highest BCUT2D eigenvalue weighted by Crippen LogP contribution is 2.23. The molecule has 2 aliphatic heterocycles. The normalized spacial score (nSPS) is 22.7. The maximum atomic E-state index is 12.9. The quantitative estimate of drug-likeness (QED) is 0.882. The number of carbonyl (C=O) groups excluding carboxylic acids is 1. The Balaban J connectivity index is 1.54. The maximum absolute atomic E-state index is 12.9. The molecule has 0 aromatic heterocycles. The molecular weight excluding hydrogens is 336 g/mol. The molecule has 4 rings (SSSR count). The minimum absolute atomic E-state index is 0.155. The van der Waals surface area contributed by atoms with E-state index < -0.39 is 0 Å². The van der Waals surface area contributed by atoms with Crippen LogP contribution in [0.3, 0.4) is 0 Å². The van der Waals surface area contributed by atoms with E-state index in [0.29, 0.717) is 6.04 Å². The van der Waals surface area contributed by atoms with Crippen molar-refractivity contribution >= 4 is 17.6 Å². The largest absolute Gasteiger partial charge is 0.339 e. The van der Waals surface area contributed by atoms with Crippen LogP contribution in [0.5, 0.6) is 0 Å². The van der Waals surface area contributed by atoms with E-state index in [4.69, 9.17) is 4.99 Å². The van der Waals surface area contributed by atoms with Crippen molar-refractivity contribution in [1.29, 1.82) is 0 Å². The van der Waals surface area contributed by atoms with E-state index >= 15 is 0 Å². The number of aliphatic imine (C=N–C) groups is 1. The first kappa shape index (κ1) is 18.1. The third-order valence-corrected chi connectivity index (χ3v) is 5.80. The number of amides is 1. The fraction of sp³-hybridized carbons (Fsp3) is 0.545. The number of hydrogen-bond donors (Lipinski definition) is 1. The van der Waals surface area contributed by atoms with Crippen molar-refractivity contribution in [3.05, 3.63) is 42.1 Å². The van der Waals surface area contributed by atoms with E-state index in [2.05, 4.69) is 22.4 Å². The topological polar surface area (TPSA) is 47.9 Å². The average Bonchev–Trinajstić information content (AvgIpc) is 2.75. The first-order valence-electron chi connectivity index (χ1n) is 10.5. The number of carbonyl (C=O) groups is 1. The molecule has 0 unspecified atom stereocenters. The smallest absolute Gasteiger partial charge is 0.253 e. The van der Waals surface area contributed by atoms with Gasteiger partial charge in [0.1, 0.15) is 0 Å². The van der Waals surface area contributed by atoms with Gasteiger partial charge in [-0.25, -0.2) is 4.99 Å². The Morgan fingerprint density at radius 2 is 1.81 bits per heavy atom. The molecular formula is C22H30N4O. The van der Waals surface area contributed by atoms with Gasteiger partial charge in [0.25, 0.3) is 5.91 Å². The van der Waals surface area contributed by atoms with Crippen LogP contribution in [0.1, 0.15) is 61.7 Å². The molecule has 1 aliphatic carbocycles. The predicted molar refractivity (Wildman–Crippen MR) is 110 cm³/mol. The Kier molecular flexibility index (Phi) is 5.75. The molecule has 0 bridgehead atoms. The van der Waals surface area contributed by atoms with Crippen LogP contribution >= 0.6 is 0 Å². The zero-order valence-corrected chi connectivity index (χ0v) is 16.1. The molecule has 1 aromatic carbocycles. The van der Waals surface area contributed by atoms with E-state index in [0.717, 1.165) is 49.7 Å². The summed E-state index contributed by atoms with van der Waals surface area (Å²) in [6.45, 7) is 2.54. The molecule has 144 valence electrons. The minimum Gasteiger partial charge on any atom is -0.339 e. The number of benzene rings is 1. The molecule has 2 heterocycles. The Hall–Kier alpha value is -2.30. The van der Waals surface area contributed by atoms with Crippen molar-refractivity contribution in [1.82, 2.24) is 10.2 Å². The number of anilines is 1. The number of nitrogens with one attached hydrogen (secondary N) is 1. The second-order valence-corrected chi connectivity index (χ2v) is 7.81. The van der Waals surface area contributed by atoms with Gasteiger partial charge in [-0.15, -0.1) is 0 Å². The third-order valence-electron chi connectivity index (χ3n) is 5.80. The fourth-order valence-electron chi connectivity index (χ4n) is 4.26. The Morgan fingerprint density at radius 1 is 1.04 bits per heavy atom. The van der Waals surface area contributed by atoms with Crippen LogP contribution in [0.25, 0.3) is 0 Å². The van der Waals surface area contributed by atoms with Gasteiger partial charge in [-0.1, -0.05) is 25.3 Å². The van der Waals surface area contributed by atoms with Crippen molar-refractivity contribution in [3.63, 3.8) is 0 Å². The molecule has 5 nitrogen and oxygen atoms in total. The summed E-state index contributed by atoms with van der Waals surface area (Å²) < 4.78 is 0. The van der Waals surface area contributed by atoms with Gasteiger partial charge in [0, 0.05) is 37.1 Å². The lowest BCUT2D eigenvalue weighted by Gasteiger charge is -2.31. The lowest BCUT2D eigenvalue weighted by molar-refractivity contribution is 0.0724. The van der Waals surface area contributed by atoms with E-state index in [1.54, 1.807) is 0 Å². The Bertz CT molecular complexity index is 715. The zero-order chi connectivity index (χ0) is 18.5. The van der Waals surface area contributed by atoms with Crippen molar-refractivity contribution in [2.45, 2.75) is 57.4 Å². The zero-order valence-electron chi connectivity index (χ0n) is 16.1. The lowest BCUT2D eigenvalue weighted by atomic mass is 9.96. The van der Waals surface area contributed by atoms with E-state index in [1.807, 2.05) is 29.3 Å². The van der Waals surface area contributed by atoms with Crippen LogP contribution in [0.2, 0.25) is 0 Å². The van der Waals surface area contributed by atoms with Gasteiger partial charge in [-0.05, 0) is 56.4 Å². The number of rotatable bonds is 3. The standard InChI is InChI=1S/C22H30N4O/c27-21(25-14-5-2-6-15-25)18-9-7-12-20(17-18)26-16-8-13-23-22(26)24-19-10-3-1-4-11-19/h7-9,12-13,17,19H,1-6,10-11,14-16H2,(H,23,24). The summed E-state index contributed by atoms with van der Waals surface area (Å²) in [5.74, 6) is 1.06. The van der Waals surface area contributed by atoms with Gasteiger partial charge in [0.05, 0.1) is 6.04 Å². The maximum Gasteiger partial charge on any atom is 0.253 e. The first-order valence-corrected chi connectivity index (χ1v) is 10.5. The van der Waals surface area contributed by atoms with Crippen LogP contribution in [-0.4, -0.2) is 42.4 Å². The number of guanidine groups is 1. The van der Waals surface area contributed by atoms with Gasteiger partial charge in [0.2, 0.25) is 5.96 Å². The molecule has 0 atom stereocenters. The summed E-state index contributed by atoms with van der Waals surface area (Å²) in [7, 11) is 0. The van der Waals surface area contributed by atoms with Gasteiger partial charge >= 0.3 is 0 Å². The van der Waals surface area contributed by atoms with Crippen molar-refractivity contribution in [3.8, 4) is 0 Å². The van der Waals surface area contributed by atoms with Crippen LogP contribution in [-0.2, 0) is 0 Å². The van der Waals surface area contributed by atoms with Gasteiger partial charge in [0.15, 0.2) is 0 Å². The number of piperidine rings is 1. The van der Waals surface area contributed by atoms with Crippen molar-refractivity contribution in [2.75, 3.05) is 24.5 Å². The highest BCUT2D eigenvalue weighted by atomic mass is 16.2. The van der Waals surface area contributed by atoms with Crippen LogP contribution in [0, 0.1) is 0 Å². The summed E-state index contributed by atoms with van der Waals surface area (Å²) >= 11 is 0. The van der Waals surface area contributed by atoms with Crippen molar-refractivity contribution in [2.24, 2.45) is 4.99 Å². The van der Waals surface area contributed by atoms with Crippen LogP contribution in [0.15, 0.2) is 41.5 Å². The molecule has 2 fully saturated rings. The molecule has 0 radical (unpaired) electrons. The monoisotopic (exact) mass is 366 g/mol. The summed E-state index contributed by atoms with van der Waals surface area (Å²) in [6.07, 6.45) is 13.8. The highest BCUT2D eigenvalue weighted by Gasteiger charge is 2.22. The highest BCUT2D eigenvalue weighted by molar-refractivity contribution is 6.00. The van der Waals surface area contributed by atoms with E-state index in [9.17, 15) is 4.79 Å². The molecule has 3 aliphatic rings. The predicted octanol–water partition coefficient (Wildman–Crippen LogP) is 3.92. The number of nitrogens with zero attached hydrogens (tertiary/aromatic N) is 3. The van der Waals surface area contributed by atoms with Crippen molar-refractivity contribution < 1.29 is 4.79 Å². The molecule has 5 heteroatoms. The second kappa shape index (κ2) is 8.59. The second-order valence-electron chi connectivity index (χ2n) is 7.81. The molecule has 0 spiro atoms. The minimum atomic E-state index is 0.155. The molecule has 27 heavy (non-hydrogen) atoms. The van der Waals surface area contributed by atoms with E-state index in [-0.39, 0.29) is 5.91 Å². The third kappa shape index (κ3) is 4.34. The van der Waals surface area contributed by atoms with Crippen LogP contribution < -0.4 is 10.2 Å². The van der Waals surface area contributed by atoms with Gasteiger partial charge in [-0.3, -0.25) is 4.79 Å². The number of likely N-dealkylation sites (tertiary alicyclic amines) is 1. The van der Waals surface area contributed by atoms with Gasteiger partial charge < -0.3 is 15.1 Å². The molecule has 1 aromatic rings. The van der Waals surface area contributed by atoms with Crippen LogP contribution in [0.4, 0.5) is 5.69 Å². The van der Waals surface area contributed by atoms with E-state index in [1.165, 1.54) is 38.5 Å². The summed E-state index contributed by atoms with van der Waals surface area (Å²) in [5.41, 5.74) is 1.81. The Morgan fingerprint density at radius 3 is 2.63 bits per heavy atom. The average molecular weight is 367 g/mol. The summed E-state index contributed by atoms with van der Waals surface area (Å²) in [4.78, 5) is 22.1. The first-order chi connectivity index (χ1) is 13.3. The molecule has 1 N–H and O–H groups in total. The van der Waals surface area contributed by atoms with Gasteiger partial charge in [-0.2, -0.15) is 0 Å². The molecule has 1 saturated heterocycles. The lowest BCUT2D eigenvalue weighted by Crippen LogP contribution is -2.43. The molecule has 1 amide bonds. The number of hydrogen-bond acceptors (Lipinski definition) is 2. The fourth-order valence-corrected chi connectivity index (χ4v) is 4.26. The SMILES string of the molecule is O=C(c1cccc(N2CC=CNC2=NC2CCCCC2)c1)N1CCCCC1. The summed E-state index contributed by atoms with van der Waals surface area (Å²) in [6, 6.07) is 8.43. The molecule has 1 saturated carbocycles. The summed E-state index contributed by atoms with van der Waals surface area (Å²) in [5, 5.41) is 3.33. The Labute approximate surface area is 162 Å².